The van der Waals surface area contributed by atoms with Crippen molar-refractivity contribution in [1.29, 1.82) is 0 Å². The monoisotopic (exact) mass is 252 g/mol. The van der Waals surface area contributed by atoms with E-state index in [2.05, 4.69) is 15.3 Å². The zero-order valence-corrected chi connectivity index (χ0v) is 10.7. The third-order valence-corrected chi connectivity index (χ3v) is 3.11. The number of methoxy groups -OCH3 is 1. The van der Waals surface area contributed by atoms with Crippen LogP contribution in [0.5, 0.6) is 5.75 Å². The van der Waals surface area contributed by atoms with Gasteiger partial charge in [0.15, 0.2) is 5.75 Å². The molecule has 1 aromatic rings. The van der Waals surface area contributed by atoms with Gasteiger partial charge >= 0.3 is 0 Å². The first-order valence-corrected chi connectivity index (χ1v) is 6.28. The highest BCUT2D eigenvalue weighted by atomic mass is 16.5. The number of hydrogen-bond donors (Lipinski definition) is 2. The second-order valence-corrected chi connectivity index (χ2v) is 4.39. The lowest BCUT2D eigenvalue weighted by Crippen LogP contribution is -2.39. The minimum Gasteiger partial charge on any atom is -0.494 e. The number of aliphatic hydroxyl groups is 1. The van der Waals surface area contributed by atoms with Crippen molar-refractivity contribution in [2.75, 3.05) is 38.3 Å². The highest BCUT2D eigenvalue weighted by Gasteiger charge is 2.19. The number of aliphatic hydroxyl groups excluding tert-OH is 1. The van der Waals surface area contributed by atoms with Crippen LogP contribution in [0.15, 0.2) is 12.4 Å². The van der Waals surface area contributed by atoms with E-state index in [0.717, 1.165) is 19.5 Å². The summed E-state index contributed by atoms with van der Waals surface area (Å²) in [5.41, 5.74) is 0. The summed E-state index contributed by atoms with van der Waals surface area (Å²) >= 11 is 0. The molecule has 2 N–H and O–H groups in total. The van der Waals surface area contributed by atoms with E-state index >= 15 is 0 Å². The van der Waals surface area contributed by atoms with E-state index < -0.39 is 0 Å². The smallest absolute Gasteiger partial charge is 0.225 e. The number of anilines is 1. The van der Waals surface area contributed by atoms with Gasteiger partial charge in [-0.1, -0.05) is 0 Å². The van der Waals surface area contributed by atoms with Crippen LogP contribution in [0.1, 0.15) is 12.8 Å². The summed E-state index contributed by atoms with van der Waals surface area (Å²) in [6.07, 6.45) is 5.67. The van der Waals surface area contributed by atoms with Crippen LogP contribution in [0.25, 0.3) is 0 Å². The predicted octanol–water partition coefficient (Wildman–Crippen LogP) is 0.0359. The summed E-state index contributed by atoms with van der Waals surface area (Å²) in [6.45, 7) is 2.54. The molecule has 1 aromatic heterocycles. The maximum Gasteiger partial charge on any atom is 0.225 e. The van der Waals surface area contributed by atoms with Crippen molar-refractivity contribution in [1.82, 2.24) is 15.3 Å². The number of rotatable bonds is 6. The second-order valence-electron chi connectivity index (χ2n) is 4.39. The largest absolute Gasteiger partial charge is 0.494 e. The molecule has 100 valence electrons. The molecule has 1 saturated heterocycles. The number of ether oxygens (including phenoxy) is 1. The van der Waals surface area contributed by atoms with Gasteiger partial charge in [0, 0.05) is 19.1 Å². The Bertz CT molecular complexity index is 352. The third-order valence-electron chi connectivity index (χ3n) is 3.11. The third kappa shape index (κ3) is 3.30. The minimum absolute atomic E-state index is 0.0993. The van der Waals surface area contributed by atoms with Gasteiger partial charge in [-0.25, -0.2) is 9.97 Å². The molecule has 1 aliphatic rings. The van der Waals surface area contributed by atoms with Gasteiger partial charge in [0.05, 0.1) is 26.1 Å². The average molecular weight is 252 g/mol. The summed E-state index contributed by atoms with van der Waals surface area (Å²) in [4.78, 5) is 10.5. The summed E-state index contributed by atoms with van der Waals surface area (Å²) in [5, 5.41) is 12.6. The van der Waals surface area contributed by atoms with Crippen LogP contribution in [0, 0.1) is 0 Å². The highest BCUT2D eigenvalue weighted by molar-refractivity contribution is 5.31. The van der Waals surface area contributed by atoms with Gasteiger partial charge in [0.1, 0.15) is 0 Å². The standard InChI is InChI=1S/C12H20N4O2/c1-18-11-7-14-12(15-8-11)16(5-6-17)9-10-3-2-4-13-10/h7-8,10,13,17H,2-6,9H2,1H3. The lowest BCUT2D eigenvalue weighted by Gasteiger charge is -2.25. The molecule has 0 aromatic carbocycles. The molecule has 1 unspecified atom stereocenters. The molecule has 6 nitrogen and oxygen atoms in total. The zero-order valence-electron chi connectivity index (χ0n) is 10.7. The van der Waals surface area contributed by atoms with Crippen LogP contribution in [0.2, 0.25) is 0 Å². The molecular formula is C12H20N4O2. The molecule has 0 amide bonds. The summed E-state index contributed by atoms with van der Waals surface area (Å²) in [5.74, 6) is 1.28. The SMILES string of the molecule is COc1cnc(N(CCO)CC2CCCN2)nc1. The van der Waals surface area contributed by atoms with E-state index in [-0.39, 0.29) is 6.61 Å². The van der Waals surface area contributed by atoms with Crippen molar-refractivity contribution in [3.05, 3.63) is 12.4 Å². The van der Waals surface area contributed by atoms with Gasteiger partial charge in [0.25, 0.3) is 0 Å². The molecular weight excluding hydrogens is 232 g/mol. The Hall–Kier alpha value is -1.40. The van der Waals surface area contributed by atoms with Crippen molar-refractivity contribution in [3.8, 4) is 5.75 Å². The molecule has 0 radical (unpaired) electrons. The minimum atomic E-state index is 0.0993. The predicted molar refractivity (Wildman–Crippen MR) is 68.9 cm³/mol. The van der Waals surface area contributed by atoms with Gasteiger partial charge in [0.2, 0.25) is 5.95 Å². The van der Waals surface area contributed by atoms with Crippen molar-refractivity contribution in [3.63, 3.8) is 0 Å². The molecule has 2 rings (SSSR count). The van der Waals surface area contributed by atoms with E-state index in [9.17, 15) is 0 Å². The van der Waals surface area contributed by atoms with E-state index in [1.54, 1.807) is 19.5 Å². The number of aromatic nitrogens is 2. The number of nitrogens with one attached hydrogen (secondary N) is 1. The van der Waals surface area contributed by atoms with Crippen LogP contribution in [-0.2, 0) is 0 Å². The maximum absolute atomic E-state index is 9.13. The van der Waals surface area contributed by atoms with Crippen LogP contribution in [-0.4, -0.2) is 54.5 Å². The van der Waals surface area contributed by atoms with Crippen molar-refractivity contribution in [2.45, 2.75) is 18.9 Å². The Morgan fingerprint density at radius 3 is 2.83 bits per heavy atom. The number of hydrogen-bond acceptors (Lipinski definition) is 6. The fourth-order valence-electron chi connectivity index (χ4n) is 2.15. The first-order chi connectivity index (χ1) is 8.83. The van der Waals surface area contributed by atoms with Gasteiger partial charge in [-0.3, -0.25) is 0 Å². The molecule has 0 aliphatic carbocycles. The molecule has 0 bridgehead atoms. The molecule has 6 heteroatoms. The van der Waals surface area contributed by atoms with Gasteiger partial charge in [-0.15, -0.1) is 0 Å². The average Bonchev–Trinajstić information content (AvgIpc) is 2.91. The van der Waals surface area contributed by atoms with Crippen LogP contribution < -0.4 is 15.0 Å². The fraction of sp³-hybridized carbons (Fsp3) is 0.667. The van der Waals surface area contributed by atoms with Gasteiger partial charge in [-0.2, -0.15) is 0 Å². The second kappa shape index (κ2) is 6.51. The Labute approximate surface area is 107 Å². The summed E-state index contributed by atoms with van der Waals surface area (Å²) in [6, 6.07) is 0.460. The van der Waals surface area contributed by atoms with Crippen LogP contribution in [0.4, 0.5) is 5.95 Å². The van der Waals surface area contributed by atoms with E-state index in [1.807, 2.05) is 4.90 Å². The Morgan fingerprint density at radius 2 is 2.28 bits per heavy atom. The number of nitrogens with zero attached hydrogens (tertiary/aromatic N) is 3. The van der Waals surface area contributed by atoms with Crippen molar-refractivity contribution in [2.24, 2.45) is 0 Å². The highest BCUT2D eigenvalue weighted by Crippen LogP contribution is 2.14. The van der Waals surface area contributed by atoms with E-state index in [0.29, 0.717) is 24.3 Å². The summed E-state index contributed by atoms with van der Waals surface area (Å²) in [7, 11) is 1.59. The molecule has 0 saturated carbocycles. The van der Waals surface area contributed by atoms with E-state index in [1.165, 1.54) is 6.42 Å². The summed E-state index contributed by atoms with van der Waals surface area (Å²) < 4.78 is 5.04. The molecule has 1 aliphatic heterocycles. The van der Waals surface area contributed by atoms with Gasteiger partial charge < -0.3 is 20.1 Å². The Kier molecular flexibility index (Phi) is 4.72. The molecule has 2 heterocycles. The Balaban J connectivity index is 2.02. The maximum atomic E-state index is 9.13. The Morgan fingerprint density at radius 1 is 1.50 bits per heavy atom. The quantitative estimate of drug-likeness (QED) is 0.744. The fourth-order valence-corrected chi connectivity index (χ4v) is 2.15. The molecule has 0 spiro atoms. The molecule has 18 heavy (non-hydrogen) atoms. The molecule has 1 fully saturated rings. The van der Waals surface area contributed by atoms with Crippen LogP contribution >= 0.6 is 0 Å². The van der Waals surface area contributed by atoms with Gasteiger partial charge in [-0.05, 0) is 19.4 Å². The topological polar surface area (TPSA) is 70.5 Å². The van der Waals surface area contributed by atoms with Crippen LogP contribution in [0.3, 0.4) is 0 Å². The van der Waals surface area contributed by atoms with Crippen molar-refractivity contribution < 1.29 is 9.84 Å². The molecule has 1 atom stereocenters. The zero-order chi connectivity index (χ0) is 12.8. The normalized spacial score (nSPS) is 18.9. The first kappa shape index (κ1) is 13.0. The van der Waals surface area contributed by atoms with Crippen molar-refractivity contribution >= 4 is 5.95 Å². The lowest BCUT2D eigenvalue weighted by molar-refractivity contribution is 0.299. The van der Waals surface area contributed by atoms with E-state index in [4.69, 9.17) is 9.84 Å². The first-order valence-electron chi connectivity index (χ1n) is 6.28. The lowest BCUT2D eigenvalue weighted by atomic mass is 10.2.